The smallest absolute Gasteiger partial charge is 0.196 e. The summed E-state index contributed by atoms with van der Waals surface area (Å²) < 4.78 is 23.4. The van der Waals surface area contributed by atoms with Crippen molar-refractivity contribution in [2.75, 3.05) is 26.5 Å². The lowest BCUT2D eigenvalue weighted by molar-refractivity contribution is 0.0957. The van der Waals surface area contributed by atoms with E-state index < -0.39 is 0 Å². The summed E-state index contributed by atoms with van der Waals surface area (Å²) in [7, 11) is 3.94. The van der Waals surface area contributed by atoms with E-state index in [1.54, 1.807) is 12.1 Å². The third-order valence-electron chi connectivity index (χ3n) is 6.51. The summed E-state index contributed by atoms with van der Waals surface area (Å²) in [4.78, 5) is 15.2. The fraction of sp³-hybridized carbons (Fsp3) is 0.480. The molecule has 3 heterocycles. The van der Waals surface area contributed by atoms with Crippen LogP contribution in [-0.4, -0.2) is 62.6 Å². The van der Waals surface area contributed by atoms with Crippen molar-refractivity contribution >= 4 is 17.5 Å². The standard InChI is InChI=1S/C25H32FN5O2S/c1-16-13-22(17(2)30(16)14-21-7-6-12-33-21)23(32)15-34-25-28-27-24(18(3)29(4)5)31(25)20-10-8-19(26)9-11-20/h8-11,13,18,21H,6-7,12,14-15H2,1-5H3. The van der Waals surface area contributed by atoms with Gasteiger partial charge in [-0.15, -0.1) is 10.2 Å². The molecule has 1 aliphatic heterocycles. The van der Waals surface area contributed by atoms with Gasteiger partial charge in [-0.25, -0.2) is 4.39 Å². The molecule has 0 amide bonds. The Hall–Kier alpha value is -2.49. The van der Waals surface area contributed by atoms with Crippen molar-refractivity contribution in [3.05, 3.63) is 58.9 Å². The van der Waals surface area contributed by atoms with Crippen molar-refractivity contribution in [3.8, 4) is 5.69 Å². The molecule has 2 atom stereocenters. The van der Waals surface area contributed by atoms with Crippen molar-refractivity contribution in [1.29, 1.82) is 0 Å². The first kappa shape index (κ1) is 24.6. The van der Waals surface area contributed by atoms with Crippen LogP contribution < -0.4 is 0 Å². The first-order chi connectivity index (χ1) is 16.3. The number of rotatable bonds is 9. The van der Waals surface area contributed by atoms with E-state index in [0.29, 0.717) is 5.16 Å². The third kappa shape index (κ3) is 5.11. The summed E-state index contributed by atoms with van der Waals surface area (Å²) in [5.74, 6) is 0.718. The number of carbonyl (C=O) groups is 1. The third-order valence-corrected chi connectivity index (χ3v) is 7.44. The van der Waals surface area contributed by atoms with Gasteiger partial charge in [-0.05, 0) is 78.0 Å². The average Bonchev–Trinajstić information content (AvgIpc) is 3.54. The molecule has 2 unspecified atom stereocenters. The zero-order chi connectivity index (χ0) is 24.4. The summed E-state index contributed by atoms with van der Waals surface area (Å²) in [6.45, 7) is 7.66. The van der Waals surface area contributed by atoms with Crippen LogP contribution in [0.5, 0.6) is 0 Å². The largest absolute Gasteiger partial charge is 0.376 e. The van der Waals surface area contributed by atoms with Gasteiger partial charge in [-0.2, -0.15) is 0 Å². The van der Waals surface area contributed by atoms with Gasteiger partial charge >= 0.3 is 0 Å². The molecule has 4 rings (SSSR count). The van der Waals surface area contributed by atoms with Crippen LogP contribution >= 0.6 is 11.8 Å². The number of carbonyl (C=O) groups excluding carboxylic acids is 1. The van der Waals surface area contributed by atoms with Gasteiger partial charge in [0.2, 0.25) is 0 Å². The number of aryl methyl sites for hydroxylation is 1. The molecule has 2 aromatic heterocycles. The van der Waals surface area contributed by atoms with E-state index in [1.165, 1.54) is 23.9 Å². The van der Waals surface area contributed by atoms with Crippen LogP contribution in [0.1, 0.15) is 53.4 Å². The minimum Gasteiger partial charge on any atom is -0.376 e. The normalized spacial score (nSPS) is 17.0. The predicted molar refractivity (Wildman–Crippen MR) is 131 cm³/mol. The van der Waals surface area contributed by atoms with Crippen molar-refractivity contribution in [2.45, 2.75) is 57.5 Å². The lowest BCUT2D eigenvalue weighted by Crippen LogP contribution is -2.20. The van der Waals surface area contributed by atoms with Gasteiger partial charge in [0, 0.05) is 35.8 Å². The minimum atomic E-state index is -0.304. The first-order valence-electron chi connectivity index (χ1n) is 11.6. The summed E-state index contributed by atoms with van der Waals surface area (Å²) >= 11 is 1.35. The highest BCUT2D eigenvalue weighted by Crippen LogP contribution is 2.28. The summed E-state index contributed by atoms with van der Waals surface area (Å²) in [5.41, 5.74) is 3.54. The molecule has 3 aromatic rings. The zero-order valence-corrected chi connectivity index (χ0v) is 21.2. The summed E-state index contributed by atoms with van der Waals surface area (Å²) in [5, 5.41) is 9.39. The molecular formula is C25H32FN5O2S. The summed E-state index contributed by atoms with van der Waals surface area (Å²) in [6, 6.07) is 8.20. The maximum absolute atomic E-state index is 13.5. The van der Waals surface area contributed by atoms with Crippen molar-refractivity contribution in [1.82, 2.24) is 24.2 Å². The number of hydrogen-bond donors (Lipinski definition) is 0. The molecule has 1 aliphatic rings. The van der Waals surface area contributed by atoms with Gasteiger partial charge < -0.3 is 9.30 Å². The van der Waals surface area contributed by atoms with Gasteiger partial charge in [0.15, 0.2) is 16.8 Å². The van der Waals surface area contributed by atoms with Gasteiger partial charge in [0.25, 0.3) is 0 Å². The Labute approximate surface area is 204 Å². The zero-order valence-electron chi connectivity index (χ0n) is 20.4. The number of ketones is 1. The molecule has 0 bridgehead atoms. The monoisotopic (exact) mass is 485 g/mol. The Bertz CT molecular complexity index is 1150. The lowest BCUT2D eigenvalue weighted by Gasteiger charge is -2.20. The number of aromatic nitrogens is 4. The summed E-state index contributed by atoms with van der Waals surface area (Å²) in [6.07, 6.45) is 2.37. The van der Waals surface area contributed by atoms with E-state index in [2.05, 4.69) is 14.8 Å². The van der Waals surface area contributed by atoms with E-state index in [0.717, 1.165) is 54.5 Å². The number of thioether (sulfide) groups is 1. The van der Waals surface area contributed by atoms with Crippen molar-refractivity contribution in [3.63, 3.8) is 0 Å². The van der Waals surface area contributed by atoms with Gasteiger partial charge in [0.1, 0.15) is 5.82 Å². The van der Waals surface area contributed by atoms with E-state index in [-0.39, 0.29) is 29.5 Å². The molecule has 0 spiro atoms. The number of ether oxygens (including phenoxy) is 1. The quantitative estimate of drug-likeness (QED) is 0.326. The molecule has 1 fully saturated rings. The van der Waals surface area contributed by atoms with Crippen LogP contribution in [0.4, 0.5) is 4.39 Å². The second kappa shape index (κ2) is 10.4. The van der Waals surface area contributed by atoms with Crippen LogP contribution in [0.15, 0.2) is 35.5 Å². The van der Waals surface area contributed by atoms with Crippen LogP contribution in [0.3, 0.4) is 0 Å². The number of benzene rings is 1. The molecule has 1 aromatic carbocycles. The SMILES string of the molecule is Cc1cc(C(=O)CSc2nnc(C(C)N(C)C)n2-c2ccc(F)cc2)c(C)n1CC1CCCO1. The maximum atomic E-state index is 13.5. The van der Waals surface area contributed by atoms with Crippen LogP contribution in [0.2, 0.25) is 0 Å². The highest BCUT2D eigenvalue weighted by atomic mass is 32.2. The fourth-order valence-electron chi connectivity index (χ4n) is 4.27. The molecule has 7 nitrogen and oxygen atoms in total. The average molecular weight is 486 g/mol. The number of nitrogens with zero attached hydrogens (tertiary/aromatic N) is 5. The molecule has 1 saturated heterocycles. The minimum absolute atomic E-state index is 0.0145. The van der Waals surface area contributed by atoms with E-state index in [9.17, 15) is 9.18 Å². The topological polar surface area (TPSA) is 65.2 Å². The number of halogens is 1. The molecule has 9 heteroatoms. The maximum Gasteiger partial charge on any atom is 0.196 e. The van der Waals surface area contributed by atoms with Gasteiger partial charge in [-0.1, -0.05) is 11.8 Å². The van der Waals surface area contributed by atoms with Crippen molar-refractivity contribution in [2.24, 2.45) is 0 Å². The Kier molecular flexibility index (Phi) is 7.54. The molecule has 0 saturated carbocycles. The number of hydrogen-bond acceptors (Lipinski definition) is 6. The van der Waals surface area contributed by atoms with Crippen LogP contribution in [0, 0.1) is 19.7 Å². The molecule has 0 N–H and O–H groups in total. The molecule has 0 aliphatic carbocycles. The molecule has 0 radical (unpaired) electrons. The van der Waals surface area contributed by atoms with Gasteiger partial charge in [0.05, 0.1) is 17.9 Å². The highest BCUT2D eigenvalue weighted by molar-refractivity contribution is 7.99. The predicted octanol–water partition coefficient (Wildman–Crippen LogP) is 4.60. The molecule has 34 heavy (non-hydrogen) atoms. The Morgan fingerprint density at radius 2 is 2.00 bits per heavy atom. The molecular weight excluding hydrogens is 453 g/mol. The second-order valence-corrected chi connectivity index (χ2v) is 9.98. The number of Topliss-reactive ketones (excluding diaryl/α,β-unsaturated/α-hetero) is 1. The Morgan fingerprint density at radius 1 is 1.26 bits per heavy atom. The van der Waals surface area contributed by atoms with Gasteiger partial charge in [-0.3, -0.25) is 14.3 Å². The fourth-order valence-corrected chi connectivity index (χ4v) is 5.12. The second-order valence-electron chi connectivity index (χ2n) is 9.03. The lowest BCUT2D eigenvalue weighted by atomic mass is 10.2. The van der Waals surface area contributed by atoms with E-state index >= 15 is 0 Å². The van der Waals surface area contributed by atoms with Crippen molar-refractivity contribution < 1.29 is 13.9 Å². The highest BCUT2D eigenvalue weighted by Gasteiger charge is 2.24. The Balaban J connectivity index is 1.55. The first-order valence-corrected chi connectivity index (χ1v) is 12.6. The van der Waals surface area contributed by atoms with E-state index in [4.69, 9.17) is 4.74 Å². The van der Waals surface area contributed by atoms with Crippen LogP contribution in [0.25, 0.3) is 5.69 Å². The van der Waals surface area contributed by atoms with E-state index in [1.807, 2.05) is 50.4 Å². The molecule has 182 valence electrons. The van der Waals surface area contributed by atoms with Crippen LogP contribution in [-0.2, 0) is 11.3 Å². The Morgan fingerprint density at radius 3 is 2.65 bits per heavy atom.